The second-order valence-electron chi connectivity index (χ2n) is 4.94. The molecule has 0 bridgehead atoms. The Hall–Kier alpha value is -1.65. The van der Waals surface area contributed by atoms with Crippen LogP contribution in [0.5, 0.6) is 5.88 Å². The summed E-state index contributed by atoms with van der Waals surface area (Å²) >= 11 is 0. The molecule has 0 radical (unpaired) electrons. The van der Waals surface area contributed by atoms with Crippen LogP contribution in [0.3, 0.4) is 0 Å². The summed E-state index contributed by atoms with van der Waals surface area (Å²) in [4.78, 5) is 4.53. The van der Waals surface area contributed by atoms with Gasteiger partial charge in [0, 0.05) is 18.0 Å². The van der Waals surface area contributed by atoms with Crippen LogP contribution in [-0.4, -0.2) is 31.3 Å². The third-order valence-electron chi connectivity index (χ3n) is 2.93. The first kappa shape index (κ1) is 14.8. The molecule has 0 atom stereocenters. The Morgan fingerprint density at radius 2 is 2.00 bits per heavy atom. The molecule has 2 rings (SSSR count). The average Bonchev–Trinajstić information content (AvgIpc) is 2.44. The van der Waals surface area contributed by atoms with Gasteiger partial charge in [0.25, 0.3) is 0 Å². The Morgan fingerprint density at radius 3 is 2.75 bits per heavy atom. The van der Waals surface area contributed by atoms with Gasteiger partial charge in [0.05, 0.1) is 18.2 Å². The number of hydrogen-bond donors (Lipinski definition) is 1. The second kappa shape index (κ2) is 7.22. The minimum atomic E-state index is 0.225. The second-order valence-corrected chi connectivity index (χ2v) is 4.94. The number of hydrogen-bond acceptors (Lipinski definition) is 4. The van der Waals surface area contributed by atoms with Crippen molar-refractivity contribution in [1.29, 1.82) is 0 Å². The SMILES string of the molecule is CNCc1cc(OCCOC(C)C)nc2ccccc12. The molecule has 0 amide bonds. The maximum absolute atomic E-state index is 5.69. The van der Waals surface area contributed by atoms with Crippen molar-refractivity contribution in [3.8, 4) is 5.88 Å². The van der Waals surface area contributed by atoms with Gasteiger partial charge in [0.1, 0.15) is 6.61 Å². The quantitative estimate of drug-likeness (QED) is 0.788. The summed E-state index contributed by atoms with van der Waals surface area (Å²) in [6.45, 7) is 5.91. The fourth-order valence-electron chi connectivity index (χ4n) is 2.06. The molecule has 1 aromatic heterocycles. The number of pyridine rings is 1. The van der Waals surface area contributed by atoms with Gasteiger partial charge < -0.3 is 14.8 Å². The van der Waals surface area contributed by atoms with E-state index < -0.39 is 0 Å². The fourth-order valence-corrected chi connectivity index (χ4v) is 2.06. The minimum Gasteiger partial charge on any atom is -0.475 e. The summed E-state index contributed by atoms with van der Waals surface area (Å²) in [7, 11) is 1.94. The van der Waals surface area contributed by atoms with Crippen LogP contribution < -0.4 is 10.1 Å². The highest BCUT2D eigenvalue weighted by atomic mass is 16.5. The molecule has 1 aromatic carbocycles. The molecule has 0 spiro atoms. The van der Waals surface area contributed by atoms with Crippen molar-refractivity contribution >= 4 is 10.9 Å². The molecule has 20 heavy (non-hydrogen) atoms. The molecule has 0 aliphatic rings. The predicted octanol–water partition coefficient (Wildman–Crippen LogP) is 2.76. The van der Waals surface area contributed by atoms with Gasteiger partial charge in [-0.2, -0.15) is 0 Å². The Kier molecular flexibility index (Phi) is 5.32. The van der Waals surface area contributed by atoms with Gasteiger partial charge >= 0.3 is 0 Å². The van der Waals surface area contributed by atoms with Crippen molar-refractivity contribution in [3.05, 3.63) is 35.9 Å². The third-order valence-corrected chi connectivity index (χ3v) is 2.93. The summed E-state index contributed by atoms with van der Waals surface area (Å²) in [5.41, 5.74) is 2.15. The third kappa shape index (κ3) is 3.92. The van der Waals surface area contributed by atoms with Crippen molar-refractivity contribution in [2.24, 2.45) is 0 Å². The Balaban J connectivity index is 2.13. The zero-order valence-corrected chi connectivity index (χ0v) is 12.3. The van der Waals surface area contributed by atoms with Gasteiger partial charge in [-0.1, -0.05) is 18.2 Å². The lowest BCUT2D eigenvalue weighted by Gasteiger charge is -2.11. The number of nitrogens with zero attached hydrogens (tertiary/aromatic N) is 1. The Bertz CT molecular complexity index is 555. The van der Waals surface area contributed by atoms with E-state index in [1.54, 1.807) is 0 Å². The zero-order valence-electron chi connectivity index (χ0n) is 12.3. The number of ether oxygens (including phenoxy) is 2. The van der Waals surface area contributed by atoms with Crippen LogP contribution in [0.2, 0.25) is 0 Å². The topological polar surface area (TPSA) is 43.4 Å². The lowest BCUT2D eigenvalue weighted by Crippen LogP contribution is -2.12. The fraction of sp³-hybridized carbons (Fsp3) is 0.438. The van der Waals surface area contributed by atoms with Gasteiger partial charge in [0.2, 0.25) is 5.88 Å². The van der Waals surface area contributed by atoms with Crippen molar-refractivity contribution in [2.75, 3.05) is 20.3 Å². The highest BCUT2D eigenvalue weighted by Crippen LogP contribution is 2.21. The number of fused-ring (bicyclic) bond motifs is 1. The summed E-state index contributed by atoms with van der Waals surface area (Å²) in [6.07, 6.45) is 0.225. The van der Waals surface area contributed by atoms with E-state index in [0.717, 1.165) is 17.4 Å². The summed E-state index contributed by atoms with van der Waals surface area (Å²) in [5.74, 6) is 0.654. The average molecular weight is 274 g/mol. The highest BCUT2D eigenvalue weighted by molar-refractivity contribution is 5.82. The lowest BCUT2D eigenvalue weighted by molar-refractivity contribution is 0.0543. The number of nitrogens with one attached hydrogen (secondary N) is 1. The minimum absolute atomic E-state index is 0.225. The molecule has 4 nitrogen and oxygen atoms in total. The van der Waals surface area contributed by atoms with Crippen molar-refractivity contribution in [1.82, 2.24) is 10.3 Å². The molecule has 0 saturated heterocycles. The first-order valence-corrected chi connectivity index (χ1v) is 6.98. The van der Waals surface area contributed by atoms with Crippen LogP contribution in [-0.2, 0) is 11.3 Å². The van der Waals surface area contributed by atoms with E-state index in [2.05, 4.69) is 16.4 Å². The van der Waals surface area contributed by atoms with Crippen LogP contribution >= 0.6 is 0 Å². The number of aromatic nitrogens is 1. The van der Waals surface area contributed by atoms with E-state index >= 15 is 0 Å². The standard InChI is InChI=1S/C16H22N2O2/c1-12(2)19-8-9-20-16-10-13(11-17-3)14-6-4-5-7-15(14)18-16/h4-7,10,12,17H,8-9,11H2,1-3H3. The van der Waals surface area contributed by atoms with Gasteiger partial charge in [-0.25, -0.2) is 4.98 Å². The number of para-hydroxylation sites is 1. The first-order chi connectivity index (χ1) is 9.70. The molecule has 0 aliphatic carbocycles. The first-order valence-electron chi connectivity index (χ1n) is 6.98. The van der Waals surface area contributed by atoms with E-state index in [1.807, 2.05) is 45.2 Å². The highest BCUT2D eigenvalue weighted by Gasteiger charge is 2.06. The molecule has 2 aromatic rings. The normalized spacial score (nSPS) is 11.2. The molecule has 0 saturated carbocycles. The predicted molar refractivity (Wildman–Crippen MR) is 81.1 cm³/mol. The number of rotatable bonds is 7. The van der Waals surface area contributed by atoms with Crippen molar-refractivity contribution < 1.29 is 9.47 Å². The Morgan fingerprint density at radius 1 is 1.20 bits per heavy atom. The molecule has 1 heterocycles. The Labute approximate surface area is 120 Å². The van der Waals surface area contributed by atoms with Crippen LogP contribution in [0.25, 0.3) is 10.9 Å². The van der Waals surface area contributed by atoms with E-state index in [0.29, 0.717) is 19.1 Å². The van der Waals surface area contributed by atoms with Crippen LogP contribution in [0.1, 0.15) is 19.4 Å². The molecular formula is C16H22N2O2. The molecule has 4 heteroatoms. The molecule has 108 valence electrons. The maximum Gasteiger partial charge on any atom is 0.214 e. The van der Waals surface area contributed by atoms with E-state index in [-0.39, 0.29) is 6.10 Å². The lowest BCUT2D eigenvalue weighted by atomic mass is 10.1. The van der Waals surface area contributed by atoms with E-state index in [9.17, 15) is 0 Å². The van der Waals surface area contributed by atoms with Crippen LogP contribution in [0, 0.1) is 0 Å². The van der Waals surface area contributed by atoms with E-state index in [1.165, 1.54) is 5.56 Å². The van der Waals surface area contributed by atoms with Crippen molar-refractivity contribution in [3.63, 3.8) is 0 Å². The molecule has 0 aliphatic heterocycles. The van der Waals surface area contributed by atoms with Gasteiger partial charge in [-0.15, -0.1) is 0 Å². The molecular weight excluding hydrogens is 252 g/mol. The summed E-state index contributed by atoms with van der Waals surface area (Å²) in [5, 5.41) is 4.34. The van der Waals surface area contributed by atoms with Crippen LogP contribution in [0.4, 0.5) is 0 Å². The molecule has 0 unspecified atom stereocenters. The zero-order chi connectivity index (χ0) is 14.4. The summed E-state index contributed by atoms with van der Waals surface area (Å²) < 4.78 is 11.2. The van der Waals surface area contributed by atoms with Gasteiger partial charge in [0.15, 0.2) is 0 Å². The van der Waals surface area contributed by atoms with Crippen LogP contribution in [0.15, 0.2) is 30.3 Å². The van der Waals surface area contributed by atoms with Crippen molar-refractivity contribution in [2.45, 2.75) is 26.5 Å². The number of benzene rings is 1. The summed E-state index contributed by atoms with van der Waals surface area (Å²) in [6, 6.07) is 10.1. The maximum atomic E-state index is 5.69. The smallest absolute Gasteiger partial charge is 0.214 e. The molecule has 1 N–H and O–H groups in total. The molecule has 0 fully saturated rings. The van der Waals surface area contributed by atoms with Gasteiger partial charge in [-0.3, -0.25) is 0 Å². The monoisotopic (exact) mass is 274 g/mol. The van der Waals surface area contributed by atoms with Gasteiger partial charge in [-0.05, 0) is 32.5 Å². The van der Waals surface area contributed by atoms with E-state index in [4.69, 9.17) is 9.47 Å². The largest absolute Gasteiger partial charge is 0.475 e.